The standard InChI is InChI=1S/C15H20/c1-4-13(3)7-6-8-15-11-9-14(5-2)10-12-15/h4,9-12H,1,3,5-8H2,2H3. The molecule has 0 atom stereocenters. The molecule has 0 saturated heterocycles. The summed E-state index contributed by atoms with van der Waals surface area (Å²) in [4.78, 5) is 0. The SMILES string of the molecule is C=CC(=C)CCCc1ccc(CC)cc1. The van der Waals surface area contributed by atoms with E-state index < -0.39 is 0 Å². The Bertz CT molecular complexity index is 316. The van der Waals surface area contributed by atoms with Crippen molar-refractivity contribution < 1.29 is 0 Å². The van der Waals surface area contributed by atoms with Crippen molar-refractivity contribution in [2.75, 3.05) is 0 Å². The second-order valence-electron chi connectivity index (χ2n) is 3.89. The molecule has 80 valence electrons. The van der Waals surface area contributed by atoms with Crippen molar-refractivity contribution in [2.45, 2.75) is 32.6 Å². The maximum Gasteiger partial charge on any atom is -0.0276 e. The highest BCUT2D eigenvalue weighted by atomic mass is 14.0. The largest absolute Gasteiger partial charge is 0.0988 e. The third-order valence-corrected chi connectivity index (χ3v) is 2.68. The van der Waals surface area contributed by atoms with Crippen LogP contribution in [0.15, 0.2) is 49.1 Å². The van der Waals surface area contributed by atoms with Crippen molar-refractivity contribution in [1.29, 1.82) is 0 Å². The number of allylic oxidation sites excluding steroid dienone is 2. The van der Waals surface area contributed by atoms with Crippen LogP contribution >= 0.6 is 0 Å². The number of rotatable bonds is 6. The fourth-order valence-corrected chi connectivity index (χ4v) is 1.56. The summed E-state index contributed by atoms with van der Waals surface area (Å²) in [6.07, 6.45) is 6.32. The van der Waals surface area contributed by atoms with Crippen LogP contribution in [-0.2, 0) is 12.8 Å². The van der Waals surface area contributed by atoms with Crippen LogP contribution in [0.1, 0.15) is 30.9 Å². The lowest BCUT2D eigenvalue weighted by Gasteiger charge is -2.03. The van der Waals surface area contributed by atoms with Crippen LogP contribution in [0.25, 0.3) is 0 Å². The molecule has 0 unspecified atom stereocenters. The van der Waals surface area contributed by atoms with E-state index in [-0.39, 0.29) is 0 Å². The molecular weight excluding hydrogens is 180 g/mol. The van der Waals surface area contributed by atoms with E-state index in [9.17, 15) is 0 Å². The molecule has 0 aliphatic heterocycles. The van der Waals surface area contributed by atoms with Gasteiger partial charge in [0.05, 0.1) is 0 Å². The van der Waals surface area contributed by atoms with Crippen molar-refractivity contribution >= 4 is 0 Å². The van der Waals surface area contributed by atoms with Crippen molar-refractivity contribution in [2.24, 2.45) is 0 Å². The highest BCUT2D eigenvalue weighted by Crippen LogP contribution is 2.11. The quantitative estimate of drug-likeness (QED) is 0.600. The monoisotopic (exact) mass is 200 g/mol. The Morgan fingerprint density at radius 1 is 1.20 bits per heavy atom. The van der Waals surface area contributed by atoms with Crippen LogP contribution < -0.4 is 0 Å². The third-order valence-electron chi connectivity index (χ3n) is 2.68. The fourth-order valence-electron chi connectivity index (χ4n) is 1.56. The Morgan fingerprint density at radius 3 is 2.33 bits per heavy atom. The molecular formula is C15H20. The molecule has 15 heavy (non-hydrogen) atoms. The number of hydrogen-bond donors (Lipinski definition) is 0. The zero-order valence-corrected chi connectivity index (χ0v) is 9.63. The summed E-state index contributed by atoms with van der Waals surface area (Å²) in [6, 6.07) is 8.90. The molecule has 0 heterocycles. The van der Waals surface area contributed by atoms with E-state index in [1.807, 2.05) is 6.08 Å². The zero-order chi connectivity index (χ0) is 11.1. The lowest BCUT2D eigenvalue weighted by Crippen LogP contribution is -1.87. The number of aryl methyl sites for hydroxylation is 2. The average Bonchev–Trinajstić information content (AvgIpc) is 2.29. The molecule has 1 aromatic rings. The van der Waals surface area contributed by atoms with Gasteiger partial charge in [-0.15, -0.1) is 0 Å². The Labute approximate surface area is 93.3 Å². The van der Waals surface area contributed by atoms with Gasteiger partial charge in [0.2, 0.25) is 0 Å². The Kier molecular flexibility index (Phi) is 4.89. The second kappa shape index (κ2) is 6.23. The highest BCUT2D eigenvalue weighted by Gasteiger charge is 1.94. The summed E-state index contributed by atoms with van der Waals surface area (Å²) in [5.74, 6) is 0. The van der Waals surface area contributed by atoms with E-state index in [0.29, 0.717) is 0 Å². The molecule has 0 saturated carbocycles. The highest BCUT2D eigenvalue weighted by molar-refractivity contribution is 5.22. The average molecular weight is 200 g/mol. The van der Waals surface area contributed by atoms with Gasteiger partial charge in [-0.05, 0) is 36.8 Å². The summed E-state index contributed by atoms with van der Waals surface area (Å²) < 4.78 is 0. The lowest BCUT2D eigenvalue weighted by molar-refractivity contribution is 0.825. The molecule has 1 rings (SSSR count). The molecule has 0 spiro atoms. The first kappa shape index (κ1) is 11.8. The van der Waals surface area contributed by atoms with Gasteiger partial charge in [-0.1, -0.05) is 56.0 Å². The number of benzene rings is 1. The lowest BCUT2D eigenvalue weighted by atomic mass is 10.0. The van der Waals surface area contributed by atoms with Crippen molar-refractivity contribution in [3.8, 4) is 0 Å². The van der Waals surface area contributed by atoms with E-state index >= 15 is 0 Å². The van der Waals surface area contributed by atoms with Crippen LogP contribution in [0.4, 0.5) is 0 Å². The predicted octanol–water partition coefficient (Wildman–Crippen LogP) is 4.31. The van der Waals surface area contributed by atoms with E-state index in [4.69, 9.17) is 0 Å². The van der Waals surface area contributed by atoms with E-state index in [1.165, 1.54) is 11.1 Å². The second-order valence-corrected chi connectivity index (χ2v) is 3.89. The minimum Gasteiger partial charge on any atom is -0.0988 e. The molecule has 0 aromatic heterocycles. The fraction of sp³-hybridized carbons (Fsp3) is 0.333. The molecule has 0 fully saturated rings. The van der Waals surface area contributed by atoms with Gasteiger partial charge >= 0.3 is 0 Å². The van der Waals surface area contributed by atoms with Gasteiger partial charge < -0.3 is 0 Å². The van der Waals surface area contributed by atoms with Crippen molar-refractivity contribution in [1.82, 2.24) is 0 Å². The van der Waals surface area contributed by atoms with Crippen LogP contribution in [0, 0.1) is 0 Å². The van der Waals surface area contributed by atoms with Gasteiger partial charge in [-0.2, -0.15) is 0 Å². The summed E-state index contributed by atoms with van der Waals surface area (Å²) in [5.41, 5.74) is 3.97. The van der Waals surface area contributed by atoms with Crippen LogP contribution in [0.2, 0.25) is 0 Å². The Morgan fingerprint density at radius 2 is 1.80 bits per heavy atom. The Balaban J connectivity index is 2.37. The maximum atomic E-state index is 3.91. The molecule has 0 radical (unpaired) electrons. The number of hydrogen-bond acceptors (Lipinski definition) is 0. The smallest absolute Gasteiger partial charge is 0.0276 e. The Hall–Kier alpha value is -1.30. The van der Waals surface area contributed by atoms with Crippen molar-refractivity contribution in [3.63, 3.8) is 0 Å². The van der Waals surface area contributed by atoms with Crippen molar-refractivity contribution in [3.05, 3.63) is 60.2 Å². The molecule has 0 N–H and O–H groups in total. The van der Waals surface area contributed by atoms with Gasteiger partial charge in [0, 0.05) is 0 Å². The van der Waals surface area contributed by atoms with E-state index in [1.54, 1.807) is 0 Å². The predicted molar refractivity (Wildman–Crippen MR) is 68.1 cm³/mol. The molecule has 0 amide bonds. The van der Waals surface area contributed by atoms with E-state index in [2.05, 4.69) is 44.3 Å². The molecule has 0 bridgehead atoms. The molecule has 0 heteroatoms. The molecule has 1 aromatic carbocycles. The first-order valence-electron chi connectivity index (χ1n) is 5.64. The first-order chi connectivity index (χ1) is 7.26. The van der Waals surface area contributed by atoms with Crippen LogP contribution in [0.3, 0.4) is 0 Å². The summed E-state index contributed by atoms with van der Waals surface area (Å²) in [7, 11) is 0. The summed E-state index contributed by atoms with van der Waals surface area (Å²) in [5, 5.41) is 0. The summed E-state index contributed by atoms with van der Waals surface area (Å²) in [6.45, 7) is 9.81. The maximum absolute atomic E-state index is 3.91. The minimum absolute atomic E-state index is 1.05. The molecule has 0 nitrogen and oxygen atoms in total. The topological polar surface area (TPSA) is 0 Å². The van der Waals surface area contributed by atoms with Gasteiger partial charge in [0.1, 0.15) is 0 Å². The third kappa shape index (κ3) is 4.16. The van der Waals surface area contributed by atoms with Gasteiger partial charge in [-0.3, -0.25) is 0 Å². The molecule has 0 aliphatic rings. The first-order valence-corrected chi connectivity index (χ1v) is 5.64. The normalized spacial score (nSPS) is 9.93. The molecule has 0 aliphatic carbocycles. The van der Waals surface area contributed by atoms with Gasteiger partial charge in [0.15, 0.2) is 0 Å². The van der Waals surface area contributed by atoms with Gasteiger partial charge in [-0.25, -0.2) is 0 Å². The minimum atomic E-state index is 1.05. The van der Waals surface area contributed by atoms with Crippen LogP contribution in [0.5, 0.6) is 0 Å². The van der Waals surface area contributed by atoms with E-state index in [0.717, 1.165) is 31.3 Å². The van der Waals surface area contributed by atoms with Gasteiger partial charge in [0.25, 0.3) is 0 Å². The van der Waals surface area contributed by atoms with Crippen LogP contribution in [-0.4, -0.2) is 0 Å². The summed E-state index contributed by atoms with van der Waals surface area (Å²) >= 11 is 0. The zero-order valence-electron chi connectivity index (χ0n) is 9.63.